The normalized spacial score (nSPS) is 17.4. The van der Waals surface area contributed by atoms with Gasteiger partial charge in [0.25, 0.3) is 0 Å². The Labute approximate surface area is 131 Å². The zero-order valence-corrected chi connectivity index (χ0v) is 12.7. The van der Waals surface area contributed by atoms with Gasteiger partial charge in [0, 0.05) is 18.2 Å². The van der Waals surface area contributed by atoms with Crippen molar-refractivity contribution in [3.63, 3.8) is 0 Å². The summed E-state index contributed by atoms with van der Waals surface area (Å²) >= 11 is 0. The minimum absolute atomic E-state index is 0.0971. The number of anilines is 1. The van der Waals surface area contributed by atoms with Crippen LogP contribution in [0.15, 0.2) is 54.6 Å². The van der Waals surface area contributed by atoms with Gasteiger partial charge >= 0.3 is 0 Å². The number of carbonyl (C=O) groups excluding carboxylic acids is 1. The third-order valence-corrected chi connectivity index (χ3v) is 4.12. The Morgan fingerprint density at radius 1 is 1.09 bits per heavy atom. The Morgan fingerprint density at radius 2 is 1.86 bits per heavy atom. The molecule has 0 saturated carbocycles. The third kappa shape index (κ3) is 3.95. The Bertz CT molecular complexity index is 618. The molecule has 1 heterocycles. The first-order valence-corrected chi connectivity index (χ1v) is 7.96. The topological polar surface area (TPSA) is 41.1 Å². The van der Waals surface area contributed by atoms with Gasteiger partial charge in [-0.3, -0.25) is 4.79 Å². The summed E-state index contributed by atoms with van der Waals surface area (Å²) < 4.78 is 0. The number of benzene rings is 2. The molecule has 2 N–H and O–H groups in total. The molecule has 114 valence electrons. The van der Waals surface area contributed by atoms with E-state index in [-0.39, 0.29) is 5.91 Å². The van der Waals surface area contributed by atoms with E-state index in [1.165, 1.54) is 12.0 Å². The minimum atomic E-state index is 0.0971. The molecule has 2 aromatic rings. The Kier molecular flexibility index (Phi) is 4.86. The van der Waals surface area contributed by atoms with Crippen molar-refractivity contribution in [2.24, 2.45) is 0 Å². The molecule has 0 radical (unpaired) electrons. The second-order valence-electron chi connectivity index (χ2n) is 5.87. The lowest BCUT2D eigenvalue weighted by molar-refractivity contribution is -0.116. The van der Waals surface area contributed by atoms with E-state index < -0.39 is 0 Å². The molecule has 0 bridgehead atoms. The minimum Gasteiger partial charge on any atom is -0.326 e. The summed E-state index contributed by atoms with van der Waals surface area (Å²) in [5, 5.41) is 6.45. The van der Waals surface area contributed by atoms with Gasteiger partial charge in [0.15, 0.2) is 0 Å². The van der Waals surface area contributed by atoms with Gasteiger partial charge in [-0.15, -0.1) is 0 Å². The van der Waals surface area contributed by atoms with Crippen LogP contribution in [0.5, 0.6) is 0 Å². The molecule has 1 fully saturated rings. The maximum Gasteiger partial charge on any atom is 0.225 e. The van der Waals surface area contributed by atoms with Gasteiger partial charge in [-0.1, -0.05) is 48.5 Å². The van der Waals surface area contributed by atoms with Crippen molar-refractivity contribution in [2.45, 2.75) is 31.7 Å². The second kappa shape index (κ2) is 7.23. The summed E-state index contributed by atoms with van der Waals surface area (Å²) in [5.41, 5.74) is 3.33. The summed E-state index contributed by atoms with van der Waals surface area (Å²) in [4.78, 5) is 12.2. The monoisotopic (exact) mass is 294 g/mol. The third-order valence-electron chi connectivity index (χ3n) is 4.12. The van der Waals surface area contributed by atoms with Crippen molar-refractivity contribution in [1.82, 2.24) is 5.32 Å². The van der Waals surface area contributed by atoms with Crippen LogP contribution in [0.1, 0.15) is 30.4 Å². The fourth-order valence-corrected chi connectivity index (χ4v) is 2.97. The average Bonchev–Trinajstić information content (AvgIpc) is 3.03. The predicted octanol–water partition coefficient (Wildman–Crippen LogP) is 3.36. The van der Waals surface area contributed by atoms with E-state index in [4.69, 9.17) is 0 Å². The average molecular weight is 294 g/mol. The van der Waals surface area contributed by atoms with Gasteiger partial charge in [0.2, 0.25) is 5.91 Å². The first-order chi connectivity index (χ1) is 10.8. The van der Waals surface area contributed by atoms with E-state index in [9.17, 15) is 4.79 Å². The van der Waals surface area contributed by atoms with Crippen LogP contribution < -0.4 is 10.6 Å². The van der Waals surface area contributed by atoms with Crippen LogP contribution in [-0.2, 0) is 11.2 Å². The molecule has 0 aromatic heterocycles. The molecule has 1 atom stereocenters. The first kappa shape index (κ1) is 14.8. The lowest BCUT2D eigenvalue weighted by Gasteiger charge is -2.13. The fourth-order valence-electron chi connectivity index (χ4n) is 2.97. The molecule has 3 nitrogen and oxygen atoms in total. The van der Waals surface area contributed by atoms with Crippen molar-refractivity contribution < 1.29 is 4.79 Å². The second-order valence-corrected chi connectivity index (χ2v) is 5.87. The van der Waals surface area contributed by atoms with Crippen molar-refractivity contribution in [2.75, 3.05) is 11.9 Å². The van der Waals surface area contributed by atoms with Gasteiger partial charge in [0.1, 0.15) is 0 Å². The molecule has 1 unspecified atom stereocenters. The van der Waals surface area contributed by atoms with E-state index in [1.54, 1.807) is 0 Å². The van der Waals surface area contributed by atoms with Gasteiger partial charge in [-0.05, 0) is 43.0 Å². The van der Waals surface area contributed by atoms with Crippen LogP contribution in [0, 0.1) is 0 Å². The molecule has 1 aliphatic heterocycles. The molecular weight excluding hydrogens is 272 g/mol. The Morgan fingerprint density at radius 3 is 2.64 bits per heavy atom. The number of hydrogen-bond donors (Lipinski definition) is 2. The molecule has 0 spiro atoms. The van der Waals surface area contributed by atoms with E-state index in [1.807, 2.05) is 36.4 Å². The summed E-state index contributed by atoms with van der Waals surface area (Å²) in [6, 6.07) is 18.7. The van der Waals surface area contributed by atoms with Crippen LogP contribution in [0.25, 0.3) is 0 Å². The van der Waals surface area contributed by atoms with Crippen molar-refractivity contribution in [1.29, 1.82) is 0 Å². The Balaban J connectivity index is 1.66. The molecule has 0 aliphatic carbocycles. The standard InChI is InChI=1S/C19H22N2O/c22-19(14-17-10-6-12-20-17)21-18-11-5-4-9-16(18)13-15-7-2-1-3-8-15/h1-5,7-9,11,17,20H,6,10,12-14H2,(H,21,22). The molecule has 3 rings (SSSR count). The van der Waals surface area contributed by atoms with Crippen molar-refractivity contribution in [3.05, 3.63) is 65.7 Å². The largest absolute Gasteiger partial charge is 0.326 e. The van der Waals surface area contributed by atoms with E-state index in [0.717, 1.165) is 30.6 Å². The number of para-hydroxylation sites is 1. The highest BCUT2D eigenvalue weighted by atomic mass is 16.1. The van der Waals surface area contributed by atoms with Gasteiger partial charge in [-0.25, -0.2) is 0 Å². The van der Waals surface area contributed by atoms with Gasteiger partial charge < -0.3 is 10.6 Å². The quantitative estimate of drug-likeness (QED) is 0.888. The number of rotatable bonds is 5. The maximum absolute atomic E-state index is 12.2. The summed E-state index contributed by atoms with van der Waals surface area (Å²) in [6.45, 7) is 1.03. The van der Waals surface area contributed by atoms with Crippen LogP contribution in [0.3, 0.4) is 0 Å². The van der Waals surface area contributed by atoms with Crippen LogP contribution in [-0.4, -0.2) is 18.5 Å². The smallest absolute Gasteiger partial charge is 0.225 e. The molecule has 2 aromatic carbocycles. The molecule has 1 saturated heterocycles. The highest BCUT2D eigenvalue weighted by molar-refractivity contribution is 5.92. The molecular formula is C19H22N2O. The number of nitrogens with one attached hydrogen (secondary N) is 2. The van der Waals surface area contributed by atoms with Crippen molar-refractivity contribution in [3.8, 4) is 0 Å². The van der Waals surface area contributed by atoms with Crippen LogP contribution >= 0.6 is 0 Å². The highest BCUT2D eigenvalue weighted by Crippen LogP contribution is 2.20. The number of amides is 1. The fraction of sp³-hybridized carbons (Fsp3) is 0.316. The first-order valence-electron chi connectivity index (χ1n) is 7.96. The lowest BCUT2D eigenvalue weighted by Crippen LogP contribution is -2.27. The van der Waals surface area contributed by atoms with E-state index >= 15 is 0 Å². The molecule has 1 aliphatic rings. The van der Waals surface area contributed by atoms with Crippen LogP contribution in [0.4, 0.5) is 5.69 Å². The lowest BCUT2D eigenvalue weighted by atomic mass is 10.0. The summed E-state index contributed by atoms with van der Waals surface area (Å²) in [6.07, 6.45) is 3.65. The van der Waals surface area contributed by atoms with Gasteiger partial charge in [-0.2, -0.15) is 0 Å². The van der Waals surface area contributed by atoms with E-state index in [0.29, 0.717) is 12.5 Å². The number of carbonyl (C=O) groups is 1. The van der Waals surface area contributed by atoms with Crippen LogP contribution in [0.2, 0.25) is 0 Å². The SMILES string of the molecule is O=C(CC1CCCN1)Nc1ccccc1Cc1ccccc1. The van der Waals surface area contributed by atoms with E-state index in [2.05, 4.69) is 28.8 Å². The highest BCUT2D eigenvalue weighted by Gasteiger charge is 2.18. The maximum atomic E-state index is 12.2. The molecule has 3 heteroatoms. The predicted molar refractivity (Wildman–Crippen MR) is 90.0 cm³/mol. The number of hydrogen-bond acceptors (Lipinski definition) is 2. The molecule has 1 amide bonds. The van der Waals surface area contributed by atoms with Gasteiger partial charge in [0.05, 0.1) is 0 Å². The zero-order chi connectivity index (χ0) is 15.2. The zero-order valence-electron chi connectivity index (χ0n) is 12.7. The van der Waals surface area contributed by atoms with Crippen molar-refractivity contribution >= 4 is 11.6 Å². The molecule has 22 heavy (non-hydrogen) atoms. The Hall–Kier alpha value is -2.13. The summed E-state index contributed by atoms with van der Waals surface area (Å²) in [5.74, 6) is 0.0971. The summed E-state index contributed by atoms with van der Waals surface area (Å²) in [7, 11) is 0.